The highest BCUT2D eigenvalue weighted by molar-refractivity contribution is 7.14. The van der Waals surface area contributed by atoms with Crippen LogP contribution in [0.3, 0.4) is 0 Å². The van der Waals surface area contributed by atoms with Crippen LogP contribution < -0.4 is 10.6 Å². The van der Waals surface area contributed by atoms with Gasteiger partial charge in [0.15, 0.2) is 0 Å². The molecule has 0 aliphatic heterocycles. The first-order valence-corrected chi connectivity index (χ1v) is 14.3. The molecule has 7 nitrogen and oxygen atoms in total. The van der Waals surface area contributed by atoms with Gasteiger partial charge in [-0.3, -0.25) is 9.59 Å². The van der Waals surface area contributed by atoms with Crippen LogP contribution in [0.1, 0.15) is 61.7 Å². The van der Waals surface area contributed by atoms with E-state index in [1.165, 1.54) is 23.3 Å². The lowest BCUT2D eigenvalue weighted by Gasteiger charge is -2.16. The van der Waals surface area contributed by atoms with Crippen molar-refractivity contribution in [3.8, 4) is 11.3 Å². The Kier molecular flexibility index (Phi) is 6.87. The lowest BCUT2D eigenvalue weighted by atomic mass is 9.99. The molecule has 2 N–H and O–H groups in total. The number of carbonyl (C=O) groups excluding carboxylic acids is 2. The van der Waals surface area contributed by atoms with E-state index in [9.17, 15) is 9.59 Å². The summed E-state index contributed by atoms with van der Waals surface area (Å²) in [4.78, 5) is 38.7. The number of amides is 2. The number of thiophene rings is 1. The largest absolute Gasteiger partial charge is 0.339 e. The van der Waals surface area contributed by atoms with E-state index in [0.29, 0.717) is 17.6 Å². The monoisotopic (exact) mass is 537 g/mol. The fourth-order valence-corrected chi connectivity index (χ4v) is 6.21. The molecule has 0 bridgehead atoms. The standard InChI is InChI=1S/C31H31N5O2S/c1-19-24(7-5-8-25(19)34-29(37)28-18-21-6-3-4-9-27(21)39-28)26-16-17-32-31(35-26)33-22-12-10-20(11-13-22)30(38)36(2)23-14-15-23/h5,7-8,10-13,16-18,23H,3-4,6,9,14-15H2,1-2H3,(H,34,37)(H,32,33,35). The first-order chi connectivity index (χ1) is 19.0. The van der Waals surface area contributed by atoms with Gasteiger partial charge < -0.3 is 15.5 Å². The second-order valence-corrected chi connectivity index (χ2v) is 11.5. The van der Waals surface area contributed by atoms with Crippen molar-refractivity contribution in [2.45, 2.75) is 51.5 Å². The fourth-order valence-electron chi connectivity index (χ4n) is 5.06. The predicted molar refractivity (Wildman–Crippen MR) is 156 cm³/mol. The molecular weight excluding hydrogens is 506 g/mol. The Hall–Kier alpha value is -4.04. The van der Waals surface area contributed by atoms with Crippen molar-refractivity contribution >= 4 is 40.5 Å². The summed E-state index contributed by atoms with van der Waals surface area (Å²) in [5.74, 6) is 0.438. The number of rotatable bonds is 7. The van der Waals surface area contributed by atoms with E-state index in [4.69, 9.17) is 4.98 Å². The molecule has 2 aromatic heterocycles. The van der Waals surface area contributed by atoms with Crippen molar-refractivity contribution in [3.05, 3.63) is 87.2 Å². The van der Waals surface area contributed by atoms with Crippen molar-refractivity contribution in [2.24, 2.45) is 0 Å². The molecule has 0 atom stereocenters. The smallest absolute Gasteiger partial charge is 0.265 e. The van der Waals surface area contributed by atoms with Gasteiger partial charge in [-0.2, -0.15) is 0 Å². The van der Waals surface area contributed by atoms with E-state index in [2.05, 4.69) is 21.7 Å². The first-order valence-electron chi connectivity index (χ1n) is 13.5. The Balaban J connectivity index is 1.17. The maximum Gasteiger partial charge on any atom is 0.265 e. The molecule has 4 aromatic rings. The average molecular weight is 538 g/mol. The number of nitrogens with one attached hydrogen (secondary N) is 2. The second-order valence-electron chi connectivity index (χ2n) is 10.3. The molecular formula is C31H31N5O2S. The number of benzene rings is 2. The van der Waals surface area contributed by atoms with Crippen LogP contribution in [0.15, 0.2) is 60.8 Å². The van der Waals surface area contributed by atoms with Gasteiger partial charge in [0.05, 0.1) is 10.6 Å². The van der Waals surface area contributed by atoms with Crippen molar-refractivity contribution in [1.29, 1.82) is 0 Å². The van der Waals surface area contributed by atoms with Crippen LogP contribution in [-0.2, 0) is 12.8 Å². The highest BCUT2D eigenvalue weighted by atomic mass is 32.1. The van der Waals surface area contributed by atoms with Gasteiger partial charge in [0.1, 0.15) is 0 Å². The summed E-state index contributed by atoms with van der Waals surface area (Å²) in [6, 6.07) is 17.5. The van der Waals surface area contributed by atoms with Crippen LogP contribution in [0.4, 0.5) is 17.3 Å². The zero-order chi connectivity index (χ0) is 26.9. The Labute approximate surface area is 232 Å². The molecule has 39 heavy (non-hydrogen) atoms. The summed E-state index contributed by atoms with van der Waals surface area (Å²) in [6.07, 6.45) is 8.43. The highest BCUT2D eigenvalue weighted by Gasteiger charge is 2.30. The van der Waals surface area contributed by atoms with Gasteiger partial charge in [0.25, 0.3) is 11.8 Å². The molecule has 0 saturated heterocycles. The van der Waals surface area contributed by atoms with E-state index in [1.807, 2.05) is 67.4 Å². The maximum absolute atomic E-state index is 13.1. The summed E-state index contributed by atoms with van der Waals surface area (Å²) in [7, 11) is 1.86. The molecule has 6 rings (SSSR count). The summed E-state index contributed by atoms with van der Waals surface area (Å²) in [6.45, 7) is 1.99. The maximum atomic E-state index is 13.1. The first kappa shape index (κ1) is 25.2. The van der Waals surface area contributed by atoms with Gasteiger partial charge in [0.2, 0.25) is 5.95 Å². The lowest BCUT2D eigenvalue weighted by Crippen LogP contribution is -2.28. The lowest BCUT2D eigenvalue weighted by molar-refractivity contribution is 0.0785. The Morgan fingerprint density at radius 2 is 1.82 bits per heavy atom. The van der Waals surface area contributed by atoms with Crippen LogP contribution >= 0.6 is 11.3 Å². The number of nitrogens with zero attached hydrogens (tertiary/aromatic N) is 3. The van der Waals surface area contributed by atoms with Crippen molar-refractivity contribution in [1.82, 2.24) is 14.9 Å². The summed E-state index contributed by atoms with van der Waals surface area (Å²) in [5.41, 5.74) is 6.19. The van der Waals surface area contributed by atoms with E-state index >= 15 is 0 Å². The van der Waals surface area contributed by atoms with Crippen LogP contribution in [0.2, 0.25) is 0 Å². The van der Waals surface area contributed by atoms with Gasteiger partial charge in [-0.1, -0.05) is 12.1 Å². The molecule has 0 spiro atoms. The van der Waals surface area contributed by atoms with Crippen LogP contribution in [0.5, 0.6) is 0 Å². The summed E-state index contributed by atoms with van der Waals surface area (Å²) < 4.78 is 0. The Morgan fingerprint density at radius 1 is 1.03 bits per heavy atom. The number of fused-ring (bicyclic) bond motifs is 1. The minimum Gasteiger partial charge on any atom is -0.339 e. The normalized spacial score (nSPS) is 14.4. The Morgan fingerprint density at radius 3 is 2.59 bits per heavy atom. The van der Waals surface area contributed by atoms with E-state index in [0.717, 1.165) is 58.8 Å². The van der Waals surface area contributed by atoms with E-state index in [1.54, 1.807) is 17.5 Å². The topological polar surface area (TPSA) is 87.2 Å². The Bertz CT molecular complexity index is 1520. The second kappa shape index (κ2) is 10.6. The molecule has 0 radical (unpaired) electrons. The van der Waals surface area contributed by atoms with Crippen LogP contribution in [-0.4, -0.2) is 39.8 Å². The molecule has 2 aliphatic carbocycles. The van der Waals surface area contributed by atoms with Gasteiger partial charge in [-0.05, 0) is 99.0 Å². The zero-order valence-electron chi connectivity index (χ0n) is 22.2. The van der Waals surface area contributed by atoms with Gasteiger partial charge in [0, 0.05) is 46.7 Å². The van der Waals surface area contributed by atoms with Crippen molar-refractivity contribution < 1.29 is 9.59 Å². The number of hydrogen-bond donors (Lipinski definition) is 2. The SMILES string of the molecule is Cc1c(NC(=O)c2cc3c(s2)CCCC3)cccc1-c1ccnc(Nc2ccc(C(=O)N(C)C3CC3)cc2)n1. The third kappa shape index (κ3) is 5.43. The molecule has 2 aromatic carbocycles. The minimum atomic E-state index is -0.0649. The number of carbonyl (C=O) groups is 2. The molecule has 2 aliphatic rings. The molecule has 198 valence electrons. The average Bonchev–Trinajstić information content (AvgIpc) is 3.72. The summed E-state index contributed by atoms with van der Waals surface area (Å²) >= 11 is 1.62. The molecule has 1 saturated carbocycles. The predicted octanol–water partition coefficient (Wildman–Crippen LogP) is 6.62. The van der Waals surface area contributed by atoms with Gasteiger partial charge in [-0.15, -0.1) is 11.3 Å². The summed E-state index contributed by atoms with van der Waals surface area (Å²) in [5, 5.41) is 6.36. The highest BCUT2D eigenvalue weighted by Crippen LogP contribution is 2.32. The minimum absolute atomic E-state index is 0.0448. The number of aryl methyl sites for hydroxylation is 2. The number of hydrogen-bond acceptors (Lipinski definition) is 6. The van der Waals surface area contributed by atoms with Crippen molar-refractivity contribution in [2.75, 3.05) is 17.7 Å². The zero-order valence-corrected chi connectivity index (χ0v) is 23.0. The molecule has 1 fully saturated rings. The number of aromatic nitrogens is 2. The molecule has 8 heteroatoms. The van der Waals surface area contributed by atoms with Crippen molar-refractivity contribution in [3.63, 3.8) is 0 Å². The quantitative estimate of drug-likeness (QED) is 0.277. The van der Waals surface area contributed by atoms with Gasteiger partial charge >= 0.3 is 0 Å². The van der Waals surface area contributed by atoms with Gasteiger partial charge in [-0.25, -0.2) is 9.97 Å². The van der Waals surface area contributed by atoms with E-state index < -0.39 is 0 Å². The molecule has 0 unspecified atom stereocenters. The molecule has 2 amide bonds. The molecule has 2 heterocycles. The third-order valence-electron chi connectivity index (χ3n) is 7.54. The van der Waals surface area contributed by atoms with E-state index in [-0.39, 0.29) is 11.8 Å². The fraction of sp³-hybridized carbons (Fsp3) is 0.290. The van der Waals surface area contributed by atoms with Crippen LogP contribution in [0.25, 0.3) is 11.3 Å². The third-order valence-corrected chi connectivity index (χ3v) is 8.77. The number of anilines is 3. The van der Waals surface area contributed by atoms with Crippen LogP contribution in [0, 0.1) is 6.92 Å².